The van der Waals surface area contributed by atoms with E-state index < -0.39 is 0 Å². The zero-order chi connectivity index (χ0) is 13.9. The van der Waals surface area contributed by atoms with E-state index >= 15 is 0 Å². The molecular weight excluding hydrogens is 254 g/mol. The van der Waals surface area contributed by atoms with Gasteiger partial charge in [-0.15, -0.1) is 0 Å². The van der Waals surface area contributed by atoms with Gasteiger partial charge in [-0.1, -0.05) is 0 Å². The van der Waals surface area contributed by atoms with Gasteiger partial charge < -0.3 is 15.4 Å². The number of nitrogens with one attached hydrogen (secondary N) is 2. The van der Waals surface area contributed by atoms with Crippen molar-refractivity contribution in [3.63, 3.8) is 0 Å². The maximum Gasteiger partial charge on any atom is 0.217 e. The number of aromatic nitrogens is 1. The SMILES string of the molecule is CC(=O)N[C@@H]1C[C@H]1Cc1cncc(OC[C@@H]2CCN2)c1. The molecule has 0 bridgehead atoms. The van der Waals surface area contributed by atoms with Crippen LogP contribution < -0.4 is 15.4 Å². The van der Waals surface area contributed by atoms with Gasteiger partial charge >= 0.3 is 0 Å². The molecule has 0 spiro atoms. The van der Waals surface area contributed by atoms with E-state index in [1.807, 2.05) is 6.20 Å². The second-order valence-corrected chi connectivity index (χ2v) is 5.79. The van der Waals surface area contributed by atoms with Crippen LogP contribution in [0.2, 0.25) is 0 Å². The monoisotopic (exact) mass is 275 g/mol. The lowest BCUT2D eigenvalue weighted by atomic mass is 10.1. The molecule has 5 nitrogen and oxygen atoms in total. The van der Waals surface area contributed by atoms with Crippen LogP contribution in [0.5, 0.6) is 5.75 Å². The van der Waals surface area contributed by atoms with Gasteiger partial charge in [-0.3, -0.25) is 9.78 Å². The fraction of sp³-hybridized carbons (Fsp3) is 0.600. The smallest absolute Gasteiger partial charge is 0.217 e. The van der Waals surface area contributed by atoms with Crippen LogP contribution in [0.4, 0.5) is 0 Å². The maximum absolute atomic E-state index is 11.0. The van der Waals surface area contributed by atoms with Gasteiger partial charge in [0.2, 0.25) is 5.91 Å². The van der Waals surface area contributed by atoms with Crippen LogP contribution in [0.15, 0.2) is 18.5 Å². The molecule has 2 fully saturated rings. The lowest BCUT2D eigenvalue weighted by Crippen LogP contribution is -2.46. The van der Waals surface area contributed by atoms with Crippen LogP contribution in [-0.2, 0) is 11.2 Å². The van der Waals surface area contributed by atoms with Gasteiger partial charge in [0.15, 0.2) is 0 Å². The van der Waals surface area contributed by atoms with E-state index in [9.17, 15) is 4.79 Å². The lowest BCUT2D eigenvalue weighted by Gasteiger charge is -2.27. The molecule has 3 rings (SSSR count). The third kappa shape index (κ3) is 3.48. The summed E-state index contributed by atoms with van der Waals surface area (Å²) in [5, 5.41) is 6.27. The summed E-state index contributed by atoms with van der Waals surface area (Å²) in [4.78, 5) is 15.2. The van der Waals surface area contributed by atoms with Gasteiger partial charge in [0.05, 0.1) is 6.20 Å². The number of rotatable bonds is 6. The topological polar surface area (TPSA) is 63.2 Å². The first kappa shape index (κ1) is 13.4. The molecular formula is C15H21N3O2. The molecule has 1 saturated carbocycles. The highest BCUT2D eigenvalue weighted by Gasteiger charge is 2.37. The van der Waals surface area contributed by atoms with E-state index in [-0.39, 0.29) is 5.91 Å². The third-order valence-corrected chi connectivity index (χ3v) is 3.96. The molecule has 108 valence electrons. The van der Waals surface area contributed by atoms with E-state index in [1.54, 1.807) is 13.1 Å². The second kappa shape index (κ2) is 5.79. The van der Waals surface area contributed by atoms with Gasteiger partial charge in [0, 0.05) is 25.2 Å². The minimum Gasteiger partial charge on any atom is -0.490 e. The van der Waals surface area contributed by atoms with Gasteiger partial charge in [-0.25, -0.2) is 0 Å². The number of hydrogen-bond acceptors (Lipinski definition) is 4. The van der Waals surface area contributed by atoms with Crippen molar-refractivity contribution in [3.05, 3.63) is 24.0 Å². The Kier molecular flexibility index (Phi) is 3.87. The summed E-state index contributed by atoms with van der Waals surface area (Å²) < 4.78 is 5.75. The molecule has 2 aliphatic rings. The van der Waals surface area contributed by atoms with Crippen LogP contribution in [0.25, 0.3) is 0 Å². The summed E-state index contributed by atoms with van der Waals surface area (Å²) in [6, 6.07) is 2.90. The first-order valence-corrected chi connectivity index (χ1v) is 7.28. The molecule has 1 saturated heterocycles. The number of hydrogen-bond donors (Lipinski definition) is 2. The molecule has 20 heavy (non-hydrogen) atoms. The Morgan fingerprint density at radius 3 is 3.10 bits per heavy atom. The number of carbonyl (C=O) groups excluding carboxylic acids is 1. The summed E-state index contributed by atoms with van der Waals surface area (Å²) in [7, 11) is 0. The highest BCUT2D eigenvalue weighted by Crippen LogP contribution is 2.34. The van der Waals surface area contributed by atoms with E-state index in [0.29, 0.717) is 24.6 Å². The van der Waals surface area contributed by atoms with Crippen molar-refractivity contribution in [1.82, 2.24) is 15.6 Å². The minimum absolute atomic E-state index is 0.0562. The zero-order valence-corrected chi connectivity index (χ0v) is 11.8. The summed E-state index contributed by atoms with van der Waals surface area (Å²) in [5.41, 5.74) is 1.18. The Bertz CT molecular complexity index is 488. The molecule has 1 aliphatic carbocycles. The average molecular weight is 275 g/mol. The average Bonchev–Trinajstić information content (AvgIpc) is 3.04. The molecule has 0 unspecified atom stereocenters. The van der Waals surface area contributed by atoms with Crippen LogP contribution in [0, 0.1) is 5.92 Å². The molecule has 1 amide bonds. The van der Waals surface area contributed by atoms with Gasteiger partial charge in [0.25, 0.3) is 0 Å². The van der Waals surface area contributed by atoms with E-state index in [2.05, 4.69) is 21.7 Å². The van der Waals surface area contributed by atoms with Gasteiger partial charge in [0.1, 0.15) is 12.4 Å². The molecule has 5 heteroatoms. The Balaban J connectivity index is 1.48. The highest BCUT2D eigenvalue weighted by atomic mass is 16.5. The number of carbonyl (C=O) groups is 1. The van der Waals surface area contributed by atoms with E-state index in [1.165, 1.54) is 12.0 Å². The van der Waals surface area contributed by atoms with Crippen LogP contribution in [-0.4, -0.2) is 36.1 Å². The largest absolute Gasteiger partial charge is 0.490 e. The molecule has 1 aromatic heterocycles. The van der Waals surface area contributed by atoms with Crippen molar-refractivity contribution >= 4 is 5.91 Å². The molecule has 0 aromatic carbocycles. The quantitative estimate of drug-likeness (QED) is 0.809. The van der Waals surface area contributed by atoms with Crippen molar-refractivity contribution in [1.29, 1.82) is 0 Å². The summed E-state index contributed by atoms with van der Waals surface area (Å²) >= 11 is 0. The summed E-state index contributed by atoms with van der Waals surface area (Å²) in [6.07, 6.45) is 6.86. The fourth-order valence-electron chi connectivity index (χ4n) is 2.56. The Morgan fingerprint density at radius 2 is 2.40 bits per heavy atom. The number of nitrogens with zero attached hydrogens (tertiary/aromatic N) is 1. The number of ether oxygens (including phenoxy) is 1. The van der Waals surface area contributed by atoms with E-state index in [4.69, 9.17) is 4.74 Å². The van der Waals surface area contributed by atoms with Crippen LogP contribution in [0.3, 0.4) is 0 Å². The third-order valence-electron chi connectivity index (χ3n) is 3.96. The minimum atomic E-state index is 0.0562. The Labute approximate surface area is 119 Å². The van der Waals surface area contributed by atoms with Crippen LogP contribution >= 0.6 is 0 Å². The van der Waals surface area contributed by atoms with Crippen molar-refractivity contribution in [2.45, 2.75) is 38.3 Å². The number of pyridine rings is 1. The molecule has 0 radical (unpaired) electrons. The van der Waals surface area contributed by atoms with Crippen molar-refractivity contribution < 1.29 is 9.53 Å². The lowest BCUT2D eigenvalue weighted by molar-refractivity contribution is -0.119. The highest BCUT2D eigenvalue weighted by molar-refractivity contribution is 5.73. The first-order chi connectivity index (χ1) is 9.70. The fourth-order valence-corrected chi connectivity index (χ4v) is 2.56. The summed E-state index contributed by atoms with van der Waals surface area (Å²) in [5.74, 6) is 1.44. The van der Waals surface area contributed by atoms with Crippen molar-refractivity contribution in [2.24, 2.45) is 5.92 Å². The molecule has 3 atom stereocenters. The van der Waals surface area contributed by atoms with Crippen molar-refractivity contribution in [3.8, 4) is 5.75 Å². The van der Waals surface area contributed by atoms with Gasteiger partial charge in [-0.2, -0.15) is 0 Å². The number of amides is 1. The predicted molar refractivity (Wildman–Crippen MR) is 75.6 cm³/mol. The maximum atomic E-state index is 11.0. The van der Waals surface area contributed by atoms with Crippen LogP contribution in [0.1, 0.15) is 25.3 Å². The molecule has 1 aromatic rings. The van der Waals surface area contributed by atoms with Crippen molar-refractivity contribution in [2.75, 3.05) is 13.2 Å². The second-order valence-electron chi connectivity index (χ2n) is 5.79. The normalized spacial score (nSPS) is 27.6. The summed E-state index contributed by atoms with van der Waals surface area (Å²) in [6.45, 7) is 3.38. The van der Waals surface area contributed by atoms with E-state index in [0.717, 1.165) is 25.1 Å². The van der Waals surface area contributed by atoms with Gasteiger partial charge in [-0.05, 0) is 43.4 Å². The standard InChI is InChI=1S/C15H21N3O2/c1-10(19)18-15-6-12(15)4-11-5-14(8-16-7-11)20-9-13-2-3-17-13/h5,7-8,12-13,15,17H,2-4,6,9H2,1H3,(H,18,19)/t12-,13+,15-/m1/s1. The predicted octanol–water partition coefficient (Wildman–Crippen LogP) is 0.889. The molecule has 2 heterocycles. The molecule has 2 N–H and O–H groups in total. The Morgan fingerprint density at radius 1 is 1.55 bits per heavy atom. The molecule has 1 aliphatic heterocycles. The zero-order valence-electron chi connectivity index (χ0n) is 11.8. The Hall–Kier alpha value is -1.62. The first-order valence-electron chi connectivity index (χ1n) is 7.28.